The molecule has 124 valence electrons. The molecule has 0 spiro atoms. The Morgan fingerprint density at radius 3 is 2.83 bits per heavy atom. The van der Waals surface area contributed by atoms with Gasteiger partial charge in [0.15, 0.2) is 0 Å². The highest BCUT2D eigenvalue weighted by Crippen LogP contribution is 2.29. The van der Waals surface area contributed by atoms with Gasteiger partial charge in [-0.2, -0.15) is 0 Å². The van der Waals surface area contributed by atoms with E-state index in [1.165, 1.54) is 0 Å². The monoisotopic (exact) mass is 322 g/mol. The largest absolute Gasteiger partial charge is 0.345 e. The van der Waals surface area contributed by atoms with Gasteiger partial charge in [-0.25, -0.2) is 4.98 Å². The molecule has 5 nitrogen and oxygen atoms in total. The standard InChI is InChI=1S/C19H22N4O/c1-19(2,3)10-17(14-5-4-8-20-11-14)23-18(24)13-6-7-15-16(9-13)22-12-21-15/h4-9,11-12,17H,10H2,1-3H3,(H,21,22)(H,23,24). The smallest absolute Gasteiger partial charge is 0.251 e. The molecular formula is C19H22N4O. The number of aromatic amines is 1. The summed E-state index contributed by atoms with van der Waals surface area (Å²) in [7, 11) is 0. The number of nitrogens with zero attached hydrogens (tertiary/aromatic N) is 2. The number of nitrogens with one attached hydrogen (secondary N) is 2. The molecule has 2 N–H and O–H groups in total. The molecule has 1 unspecified atom stereocenters. The normalized spacial score (nSPS) is 13.0. The molecule has 3 rings (SSSR count). The first kappa shape index (κ1) is 16.2. The Hall–Kier alpha value is -2.69. The molecule has 0 radical (unpaired) electrons. The number of hydrogen-bond acceptors (Lipinski definition) is 3. The number of H-pyrrole nitrogens is 1. The van der Waals surface area contributed by atoms with E-state index in [2.05, 4.69) is 41.0 Å². The van der Waals surface area contributed by atoms with E-state index in [-0.39, 0.29) is 17.4 Å². The highest BCUT2D eigenvalue weighted by molar-refractivity contribution is 5.97. The summed E-state index contributed by atoms with van der Waals surface area (Å²) in [5.74, 6) is -0.0930. The lowest BCUT2D eigenvalue weighted by atomic mass is 9.85. The lowest BCUT2D eigenvalue weighted by Crippen LogP contribution is -2.31. The van der Waals surface area contributed by atoms with E-state index in [0.717, 1.165) is 23.0 Å². The van der Waals surface area contributed by atoms with Crippen LogP contribution < -0.4 is 5.32 Å². The molecule has 0 bridgehead atoms. The third-order valence-corrected chi connectivity index (χ3v) is 3.89. The summed E-state index contributed by atoms with van der Waals surface area (Å²) in [6, 6.07) is 9.30. The summed E-state index contributed by atoms with van der Waals surface area (Å²) < 4.78 is 0. The van der Waals surface area contributed by atoms with Crippen molar-refractivity contribution in [3.8, 4) is 0 Å². The second-order valence-electron chi connectivity index (χ2n) is 7.21. The topological polar surface area (TPSA) is 70.7 Å². The van der Waals surface area contributed by atoms with E-state index < -0.39 is 0 Å². The highest BCUT2D eigenvalue weighted by atomic mass is 16.1. The van der Waals surface area contributed by atoms with Gasteiger partial charge in [0.05, 0.1) is 23.4 Å². The second kappa shape index (κ2) is 6.43. The fourth-order valence-electron chi connectivity index (χ4n) is 2.77. The maximum atomic E-state index is 12.7. The molecule has 3 aromatic rings. The van der Waals surface area contributed by atoms with Gasteiger partial charge in [-0.3, -0.25) is 9.78 Å². The van der Waals surface area contributed by atoms with Crippen LogP contribution in [-0.2, 0) is 0 Å². The first-order valence-corrected chi connectivity index (χ1v) is 8.06. The zero-order valence-electron chi connectivity index (χ0n) is 14.2. The SMILES string of the molecule is CC(C)(C)CC(NC(=O)c1ccc2nc[nH]c2c1)c1cccnc1. The van der Waals surface area contributed by atoms with E-state index in [9.17, 15) is 4.79 Å². The van der Waals surface area contributed by atoms with Crippen LogP contribution in [-0.4, -0.2) is 20.9 Å². The maximum absolute atomic E-state index is 12.7. The molecule has 2 heterocycles. The molecule has 0 saturated heterocycles. The van der Waals surface area contributed by atoms with Gasteiger partial charge in [0.2, 0.25) is 0 Å². The Bertz CT molecular complexity index is 833. The van der Waals surface area contributed by atoms with Crippen LogP contribution in [0.1, 0.15) is 49.2 Å². The van der Waals surface area contributed by atoms with Crippen LogP contribution in [0.4, 0.5) is 0 Å². The van der Waals surface area contributed by atoms with Crippen molar-refractivity contribution in [1.29, 1.82) is 0 Å². The van der Waals surface area contributed by atoms with Crippen LogP contribution in [0.3, 0.4) is 0 Å². The Morgan fingerprint density at radius 2 is 2.12 bits per heavy atom. The number of fused-ring (bicyclic) bond motifs is 1. The van der Waals surface area contributed by atoms with Crippen LogP contribution >= 0.6 is 0 Å². The molecule has 0 aliphatic carbocycles. The lowest BCUT2D eigenvalue weighted by molar-refractivity contribution is 0.0926. The second-order valence-corrected chi connectivity index (χ2v) is 7.21. The van der Waals surface area contributed by atoms with Gasteiger partial charge in [-0.05, 0) is 41.7 Å². The summed E-state index contributed by atoms with van der Waals surface area (Å²) in [5.41, 5.74) is 3.43. The number of rotatable bonds is 4. The maximum Gasteiger partial charge on any atom is 0.251 e. The van der Waals surface area contributed by atoms with E-state index in [4.69, 9.17) is 0 Å². The quantitative estimate of drug-likeness (QED) is 0.766. The van der Waals surface area contributed by atoms with Gasteiger partial charge in [0.25, 0.3) is 5.91 Å². The van der Waals surface area contributed by atoms with Crippen LogP contribution in [0.15, 0.2) is 49.1 Å². The van der Waals surface area contributed by atoms with Crippen LogP contribution in [0.25, 0.3) is 11.0 Å². The van der Waals surface area contributed by atoms with E-state index in [1.54, 1.807) is 18.6 Å². The van der Waals surface area contributed by atoms with Gasteiger partial charge in [0.1, 0.15) is 0 Å². The Labute approximate surface area is 141 Å². The number of aromatic nitrogens is 3. The minimum Gasteiger partial charge on any atom is -0.345 e. The summed E-state index contributed by atoms with van der Waals surface area (Å²) in [6.07, 6.45) is 6.02. The predicted octanol–water partition coefficient (Wildman–Crippen LogP) is 3.87. The molecule has 0 fully saturated rings. The molecule has 0 aliphatic rings. The zero-order chi connectivity index (χ0) is 17.2. The van der Waals surface area contributed by atoms with E-state index in [1.807, 2.05) is 30.5 Å². The van der Waals surface area contributed by atoms with Crippen molar-refractivity contribution in [2.24, 2.45) is 5.41 Å². The lowest BCUT2D eigenvalue weighted by Gasteiger charge is -2.27. The third kappa shape index (κ3) is 3.79. The zero-order valence-corrected chi connectivity index (χ0v) is 14.2. The number of hydrogen-bond donors (Lipinski definition) is 2. The molecule has 0 aliphatic heterocycles. The molecule has 24 heavy (non-hydrogen) atoms. The van der Waals surface area contributed by atoms with Gasteiger partial charge in [-0.1, -0.05) is 26.8 Å². The minimum absolute atomic E-state index is 0.0799. The van der Waals surface area contributed by atoms with Gasteiger partial charge >= 0.3 is 0 Å². The molecule has 2 aromatic heterocycles. The fourth-order valence-corrected chi connectivity index (χ4v) is 2.77. The van der Waals surface area contributed by atoms with Crippen molar-refractivity contribution in [2.75, 3.05) is 0 Å². The molecule has 5 heteroatoms. The highest BCUT2D eigenvalue weighted by Gasteiger charge is 2.22. The van der Waals surface area contributed by atoms with Crippen LogP contribution in [0.5, 0.6) is 0 Å². The van der Waals surface area contributed by atoms with Crippen LogP contribution in [0, 0.1) is 5.41 Å². The predicted molar refractivity (Wildman–Crippen MR) is 94.6 cm³/mol. The Kier molecular flexibility index (Phi) is 4.34. The summed E-state index contributed by atoms with van der Waals surface area (Å²) in [6.45, 7) is 6.50. The molecule has 1 atom stereocenters. The van der Waals surface area contributed by atoms with E-state index >= 15 is 0 Å². The first-order chi connectivity index (χ1) is 11.4. The van der Waals surface area contributed by atoms with E-state index in [0.29, 0.717) is 5.56 Å². The third-order valence-electron chi connectivity index (χ3n) is 3.89. The molecule has 1 amide bonds. The fraction of sp³-hybridized carbons (Fsp3) is 0.316. The van der Waals surface area contributed by atoms with Crippen molar-refractivity contribution in [3.05, 3.63) is 60.2 Å². The average Bonchev–Trinajstić information content (AvgIpc) is 3.01. The van der Waals surface area contributed by atoms with Gasteiger partial charge < -0.3 is 10.3 Å². The molecular weight excluding hydrogens is 300 g/mol. The number of imidazole rings is 1. The van der Waals surface area contributed by atoms with Crippen molar-refractivity contribution in [3.63, 3.8) is 0 Å². The number of amides is 1. The van der Waals surface area contributed by atoms with Crippen molar-refractivity contribution >= 4 is 16.9 Å². The molecule has 0 saturated carbocycles. The number of carbonyl (C=O) groups is 1. The van der Waals surface area contributed by atoms with Crippen molar-refractivity contribution < 1.29 is 4.79 Å². The Morgan fingerprint density at radius 1 is 1.29 bits per heavy atom. The number of benzene rings is 1. The van der Waals surface area contributed by atoms with Crippen LogP contribution in [0.2, 0.25) is 0 Å². The summed E-state index contributed by atoms with van der Waals surface area (Å²) in [4.78, 5) is 24.1. The van der Waals surface area contributed by atoms with Gasteiger partial charge in [-0.15, -0.1) is 0 Å². The first-order valence-electron chi connectivity index (χ1n) is 8.06. The van der Waals surface area contributed by atoms with Gasteiger partial charge in [0, 0.05) is 18.0 Å². The minimum atomic E-state index is -0.0930. The number of pyridine rings is 1. The average molecular weight is 322 g/mol. The Balaban J connectivity index is 1.84. The number of carbonyl (C=O) groups excluding carboxylic acids is 1. The van der Waals surface area contributed by atoms with Crippen molar-refractivity contribution in [2.45, 2.75) is 33.2 Å². The molecule has 1 aromatic carbocycles. The summed E-state index contributed by atoms with van der Waals surface area (Å²) in [5, 5.41) is 3.15. The van der Waals surface area contributed by atoms with Crippen molar-refractivity contribution in [1.82, 2.24) is 20.3 Å². The summed E-state index contributed by atoms with van der Waals surface area (Å²) >= 11 is 0.